The zero-order valence-corrected chi connectivity index (χ0v) is 14.1. The number of fused-ring (bicyclic) bond motifs is 1. The Balaban J connectivity index is 1.46. The van der Waals surface area contributed by atoms with Crippen molar-refractivity contribution >= 4 is 11.9 Å². The number of carbonyl (C=O) groups excluding carboxylic acids is 1. The molecule has 0 saturated heterocycles. The van der Waals surface area contributed by atoms with Gasteiger partial charge in [0.15, 0.2) is 5.78 Å². The third kappa shape index (κ3) is 3.49. The smallest absolute Gasteiger partial charge is 0.196 e. The first-order valence-electron chi connectivity index (χ1n) is 8.39. The fourth-order valence-corrected chi connectivity index (χ4v) is 2.78. The average Bonchev–Trinajstić information content (AvgIpc) is 2.70. The van der Waals surface area contributed by atoms with Gasteiger partial charge in [-0.2, -0.15) is 0 Å². The minimum atomic E-state index is 0.0160. The number of carbonyl (C=O) groups is 1. The molecule has 3 aromatic rings. The molecule has 0 amide bonds. The van der Waals surface area contributed by atoms with E-state index in [4.69, 9.17) is 9.47 Å². The van der Waals surface area contributed by atoms with E-state index in [1.165, 1.54) is 0 Å². The van der Waals surface area contributed by atoms with Gasteiger partial charge in [-0.15, -0.1) is 0 Å². The van der Waals surface area contributed by atoms with Crippen LogP contribution in [0.1, 0.15) is 21.6 Å². The highest BCUT2D eigenvalue weighted by Gasteiger charge is 2.22. The topological polar surface area (TPSA) is 48.4 Å². The van der Waals surface area contributed by atoms with Crippen LogP contribution < -0.4 is 9.47 Å². The summed E-state index contributed by atoms with van der Waals surface area (Å²) in [5.74, 6) is 1.42. The van der Waals surface area contributed by atoms with Gasteiger partial charge in [0.2, 0.25) is 0 Å². The van der Waals surface area contributed by atoms with Gasteiger partial charge in [-0.05, 0) is 48.0 Å². The van der Waals surface area contributed by atoms with Crippen molar-refractivity contribution in [2.75, 3.05) is 6.61 Å². The van der Waals surface area contributed by atoms with Gasteiger partial charge in [-0.1, -0.05) is 30.3 Å². The number of aromatic nitrogens is 1. The molecule has 0 radical (unpaired) electrons. The molecule has 1 aliphatic heterocycles. The molecule has 0 bridgehead atoms. The van der Waals surface area contributed by atoms with Crippen molar-refractivity contribution in [3.63, 3.8) is 0 Å². The molecule has 2 aromatic carbocycles. The van der Waals surface area contributed by atoms with Crippen LogP contribution in [0.25, 0.3) is 6.08 Å². The second-order valence-electron chi connectivity index (χ2n) is 5.96. The number of para-hydroxylation sites is 1. The Kier molecular flexibility index (Phi) is 4.48. The molecule has 128 valence electrons. The van der Waals surface area contributed by atoms with Crippen LogP contribution in [0.5, 0.6) is 11.5 Å². The largest absolute Gasteiger partial charge is 0.488 e. The molecule has 4 nitrogen and oxygen atoms in total. The minimum Gasteiger partial charge on any atom is -0.488 e. The van der Waals surface area contributed by atoms with Crippen LogP contribution in [0, 0.1) is 0 Å². The first-order valence-corrected chi connectivity index (χ1v) is 8.39. The molecule has 4 heteroatoms. The van der Waals surface area contributed by atoms with Gasteiger partial charge in [0.05, 0.1) is 11.3 Å². The van der Waals surface area contributed by atoms with Gasteiger partial charge < -0.3 is 9.47 Å². The summed E-state index contributed by atoms with van der Waals surface area (Å²) in [5, 5.41) is 0. The number of pyridine rings is 1. The summed E-state index contributed by atoms with van der Waals surface area (Å²) in [7, 11) is 0. The van der Waals surface area contributed by atoms with E-state index >= 15 is 0 Å². The Labute approximate surface area is 151 Å². The summed E-state index contributed by atoms with van der Waals surface area (Å²) in [6.45, 7) is 0.707. The van der Waals surface area contributed by atoms with Crippen LogP contribution in [-0.2, 0) is 6.61 Å². The predicted molar refractivity (Wildman–Crippen MR) is 99.3 cm³/mol. The van der Waals surface area contributed by atoms with E-state index in [-0.39, 0.29) is 12.4 Å². The molecule has 1 aliphatic rings. The van der Waals surface area contributed by atoms with Gasteiger partial charge >= 0.3 is 0 Å². The van der Waals surface area contributed by atoms with E-state index in [0.717, 1.165) is 17.0 Å². The van der Waals surface area contributed by atoms with Crippen molar-refractivity contribution in [2.24, 2.45) is 0 Å². The minimum absolute atomic E-state index is 0.0160. The molecule has 0 N–H and O–H groups in total. The number of ether oxygens (including phenoxy) is 2. The Morgan fingerprint density at radius 3 is 2.62 bits per heavy atom. The van der Waals surface area contributed by atoms with Crippen LogP contribution >= 0.6 is 0 Å². The van der Waals surface area contributed by atoms with Crippen molar-refractivity contribution in [2.45, 2.75) is 6.61 Å². The van der Waals surface area contributed by atoms with Gasteiger partial charge in [0.25, 0.3) is 0 Å². The lowest BCUT2D eigenvalue weighted by atomic mass is 9.98. The SMILES string of the molecule is O=C1C(=Cc2ccc(OCc3ccccn3)cc2)COc2ccccc21. The maximum absolute atomic E-state index is 12.6. The van der Waals surface area contributed by atoms with Crippen LogP contribution in [0.3, 0.4) is 0 Å². The van der Waals surface area contributed by atoms with Gasteiger partial charge in [-0.25, -0.2) is 0 Å². The highest BCUT2D eigenvalue weighted by Crippen LogP contribution is 2.27. The zero-order valence-electron chi connectivity index (χ0n) is 14.1. The number of rotatable bonds is 4. The van der Waals surface area contributed by atoms with Gasteiger partial charge in [-0.3, -0.25) is 9.78 Å². The Morgan fingerprint density at radius 1 is 1.00 bits per heavy atom. The lowest BCUT2D eigenvalue weighted by Gasteiger charge is -2.18. The molecule has 2 heterocycles. The molecule has 0 unspecified atom stereocenters. The fourth-order valence-electron chi connectivity index (χ4n) is 2.78. The molecule has 0 spiro atoms. The summed E-state index contributed by atoms with van der Waals surface area (Å²) in [6.07, 6.45) is 3.61. The Bertz CT molecular complexity index is 947. The van der Waals surface area contributed by atoms with E-state index in [2.05, 4.69) is 4.98 Å². The normalized spacial score (nSPS) is 14.6. The third-order valence-corrected chi connectivity index (χ3v) is 4.14. The first-order chi connectivity index (χ1) is 12.8. The molecule has 0 fully saturated rings. The fraction of sp³-hybridized carbons (Fsp3) is 0.0909. The van der Waals surface area contributed by atoms with Crippen molar-refractivity contribution < 1.29 is 14.3 Å². The summed E-state index contributed by atoms with van der Waals surface area (Å²) in [6, 6.07) is 20.7. The molecule has 1 aromatic heterocycles. The summed E-state index contributed by atoms with van der Waals surface area (Å²) >= 11 is 0. The van der Waals surface area contributed by atoms with E-state index < -0.39 is 0 Å². The summed E-state index contributed by atoms with van der Waals surface area (Å²) < 4.78 is 11.4. The van der Waals surface area contributed by atoms with Crippen molar-refractivity contribution in [3.05, 3.63) is 95.3 Å². The molecular weight excluding hydrogens is 326 g/mol. The van der Waals surface area contributed by atoms with Crippen LogP contribution in [0.15, 0.2) is 78.5 Å². The average molecular weight is 343 g/mol. The molecule has 0 saturated carbocycles. The monoisotopic (exact) mass is 343 g/mol. The summed E-state index contributed by atoms with van der Waals surface area (Å²) in [5.41, 5.74) is 3.06. The van der Waals surface area contributed by atoms with Gasteiger partial charge in [0.1, 0.15) is 24.7 Å². The quantitative estimate of drug-likeness (QED) is 0.662. The maximum atomic E-state index is 12.6. The second-order valence-corrected chi connectivity index (χ2v) is 5.96. The number of hydrogen-bond acceptors (Lipinski definition) is 4. The zero-order chi connectivity index (χ0) is 17.8. The number of ketones is 1. The number of Topliss-reactive ketones (excluding diaryl/α,β-unsaturated/α-hetero) is 1. The van der Waals surface area contributed by atoms with E-state index in [9.17, 15) is 4.79 Å². The molecule has 26 heavy (non-hydrogen) atoms. The Morgan fingerprint density at radius 2 is 1.81 bits per heavy atom. The standard InChI is InChI=1S/C22H17NO3/c24-22-17(14-26-21-7-2-1-6-20(21)22)13-16-8-10-19(11-9-16)25-15-18-5-3-4-12-23-18/h1-13H,14-15H2. The lowest BCUT2D eigenvalue weighted by Crippen LogP contribution is -2.18. The first kappa shape index (κ1) is 16.1. The molecule has 4 rings (SSSR count). The molecular formula is C22H17NO3. The summed E-state index contributed by atoms with van der Waals surface area (Å²) in [4.78, 5) is 16.8. The lowest BCUT2D eigenvalue weighted by molar-refractivity contribution is 0.100. The third-order valence-electron chi connectivity index (χ3n) is 4.14. The van der Waals surface area contributed by atoms with Crippen LogP contribution in [0.2, 0.25) is 0 Å². The van der Waals surface area contributed by atoms with E-state index in [1.807, 2.05) is 66.7 Å². The highest BCUT2D eigenvalue weighted by molar-refractivity contribution is 6.14. The van der Waals surface area contributed by atoms with Crippen molar-refractivity contribution in [1.29, 1.82) is 0 Å². The highest BCUT2D eigenvalue weighted by atomic mass is 16.5. The molecule has 0 aliphatic carbocycles. The maximum Gasteiger partial charge on any atom is 0.196 e. The van der Waals surface area contributed by atoms with E-state index in [1.54, 1.807) is 12.3 Å². The number of benzene rings is 2. The van der Waals surface area contributed by atoms with Crippen molar-refractivity contribution in [3.8, 4) is 11.5 Å². The predicted octanol–water partition coefficient (Wildman–Crippen LogP) is 4.32. The molecule has 0 atom stereocenters. The van der Waals surface area contributed by atoms with Crippen molar-refractivity contribution in [1.82, 2.24) is 4.98 Å². The van der Waals surface area contributed by atoms with E-state index in [0.29, 0.717) is 23.5 Å². The number of hydrogen-bond donors (Lipinski definition) is 0. The Hall–Kier alpha value is -3.40. The van der Waals surface area contributed by atoms with Crippen LogP contribution in [-0.4, -0.2) is 17.4 Å². The number of nitrogens with zero attached hydrogens (tertiary/aromatic N) is 1. The van der Waals surface area contributed by atoms with Gasteiger partial charge in [0, 0.05) is 11.8 Å². The van der Waals surface area contributed by atoms with Crippen LogP contribution in [0.4, 0.5) is 0 Å². The second kappa shape index (κ2) is 7.23.